The predicted octanol–water partition coefficient (Wildman–Crippen LogP) is 5.05. The van der Waals surface area contributed by atoms with Crippen LogP contribution in [0.2, 0.25) is 0 Å². The van der Waals surface area contributed by atoms with Gasteiger partial charge < -0.3 is 9.64 Å². The van der Waals surface area contributed by atoms with Crippen molar-refractivity contribution in [2.45, 2.75) is 18.8 Å². The van der Waals surface area contributed by atoms with Gasteiger partial charge in [-0.3, -0.25) is 9.69 Å². The van der Waals surface area contributed by atoms with Crippen molar-refractivity contribution in [2.75, 3.05) is 44.7 Å². The number of para-hydroxylation sites is 2. The first-order valence-corrected chi connectivity index (χ1v) is 11.4. The lowest BCUT2D eigenvalue weighted by Gasteiger charge is -2.38. The van der Waals surface area contributed by atoms with Gasteiger partial charge in [0.05, 0.1) is 18.2 Å². The van der Waals surface area contributed by atoms with Crippen molar-refractivity contribution < 1.29 is 9.53 Å². The van der Waals surface area contributed by atoms with Gasteiger partial charge in [-0.1, -0.05) is 72.8 Å². The van der Waals surface area contributed by atoms with Gasteiger partial charge in [0, 0.05) is 31.7 Å². The molecule has 3 aromatic rings. The quantitative estimate of drug-likeness (QED) is 0.470. The van der Waals surface area contributed by atoms with Gasteiger partial charge in [0.1, 0.15) is 5.75 Å². The molecule has 0 aliphatic carbocycles. The van der Waals surface area contributed by atoms with Crippen molar-refractivity contribution in [3.63, 3.8) is 0 Å². The van der Waals surface area contributed by atoms with Gasteiger partial charge in [0.15, 0.2) is 5.78 Å². The molecular weight excluding hydrogens is 396 g/mol. The van der Waals surface area contributed by atoms with Crippen LogP contribution in [0.3, 0.4) is 0 Å². The molecule has 0 saturated carbocycles. The average molecular weight is 429 g/mol. The molecule has 0 N–H and O–H groups in total. The molecule has 1 aliphatic rings. The Kier molecular flexibility index (Phi) is 6.91. The topological polar surface area (TPSA) is 32.8 Å². The Hall–Kier alpha value is -3.11. The fraction of sp³-hybridized carbons (Fsp3) is 0.321. The van der Waals surface area contributed by atoms with Crippen molar-refractivity contribution in [1.82, 2.24) is 4.90 Å². The molecule has 0 unspecified atom stereocenters. The van der Waals surface area contributed by atoms with Crippen LogP contribution in [0.15, 0.2) is 84.9 Å². The van der Waals surface area contributed by atoms with Crippen LogP contribution in [0.1, 0.15) is 29.3 Å². The van der Waals surface area contributed by atoms with Gasteiger partial charge in [0.25, 0.3) is 0 Å². The van der Waals surface area contributed by atoms with E-state index in [1.54, 1.807) is 7.11 Å². The highest BCUT2D eigenvalue weighted by Gasteiger charge is 2.36. The number of hydrogen-bond donors (Lipinski definition) is 0. The number of piperazine rings is 1. The Balaban J connectivity index is 1.45. The summed E-state index contributed by atoms with van der Waals surface area (Å²) < 4.78 is 5.54. The lowest BCUT2D eigenvalue weighted by atomic mass is 9.73. The van der Waals surface area contributed by atoms with E-state index in [1.807, 2.05) is 60.7 Å². The fourth-order valence-electron chi connectivity index (χ4n) is 4.59. The highest BCUT2D eigenvalue weighted by atomic mass is 16.5. The minimum absolute atomic E-state index is 0.192. The monoisotopic (exact) mass is 428 g/mol. The fourth-order valence-corrected chi connectivity index (χ4v) is 4.59. The summed E-state index contributed by atoms with van der Waals surface area (Å²) in [6, 6.07) is 28.1. The number of ether oxygens (including phenoxy) is 1. The largest absolute Gasteiger partial charge is 0.495 e. The van der Waals surface area contributed by atoms with Crippen LogP contribution in [0, 0.1) is 0 Å². The third kappa shape index (κ3) is 4.71. The molecule has 1 aliphatic heterocycles. The molecule has 1 heterocycles. The summed E-state index contributed by atoms with van der Waals surface area (Å²) >= 11 is 0. The average Bonchev–Trinajstić information content (AvgIpc) is 2.88. The van der Waals surface area contributed by atoms with E-state index in [2.05, 4.69) is 41.0 Å². The molecule has 1 fully saturated rings. The van der Waals surface area contributed by atoms with Gasteiger partial charge in [0.2, 0.25) is 0 Å². The van der Waals surface area contributed by atoms with Crippen molar-refractivity contribution in [3.05, 3.63) is 96.1 Å². The maximum atomic E-state index is 13.6. The third-order valence-corrected chi connectivity index (χ3v) is 6.67. The van der Waals surface area contributed by atoms with E-state index in [4.69, 9.17) is 4.74 Å². The van der Waals surface area contributed by atoms with Crippen LogP contribution >= 0.6 is 0 Å². The van der Waals surface area contributed by atoms with Gasteiger partial charge in [-0.2, -0.15) is 0 Å². The minimum Gasteiger partial charge on any atom is -0.495 e. The standard InChI is InChI=1S/C28H32N2O2/c1-28(24-13-7-4-8-14-24,27(31)23-11-5-3-6-12-23)17-18-29-19-21-30(22-20-29)25-15-9-10-16-26(25)32-2/h3-16H,17-22H2,1-2H3/t28-/m0/s1. The van der Waals surface area contributed by atoms with Gasteiger partial charge in [-0.15, -0.1) is 0 Å². The van der Waals surface area contributed by atoms with Crippen LogP contribution in [-0.2, 0) is 5.41 Å². The number of rotatable bonds is 8. The van der Waals surface area contributed by atoms with Crippen LogP contribution in [-0.4, -0.2) is 50.5 Å². The van der Waals surface area contributed by atoms with E-state index < -0.39 is 5.41 Å². The second kappa shape index (κ2) is 10.0. The van der Waals surface area contributed by atoms with Crippen molar-refractivity contribution in [2.24, 2.45) is 0 Å². The van der Waals surface area contributed by atoms with Crippen LogP contribution in [0.5, 0.6) is 5.75 Å². The number of nitrogens with zero attached hydrogens (tertiary/aromatic N) is 2. The highest BCUT2D eigenvalue weighted by molar-refractivity contribution is 6.03. The Morgan fingerprint density at radius 1 is 0.844 bits per heavy atom. The molecule has 0 amide bonds. The van der Waals surface area contributed by atoms with E-state index >= 15 is 0 Å². The summed E-state index contributed by atoms with van der Waals surface area (Å²) in [7, 11) is 1.73. The Morgan fingerprint density at radius 3 is 2.09 bits per heavy atom. The van der Waals surface area contributed by atoms with E-state index in [1.165, 1.54) is 0 Å². The lowest BCUT2D eigenvalue weighted by Crippen LogP contribution is -2.48. The second-order valence-corrected chi connectivity index (χ2v) is 8.64. The number of hydrogen-bond acceptors (Lipinski definition) is 4. The number of methoxy groups -OCH3 is 1. The lowest BCUT2D eigenvalue weighted by molar-refractivity contribution is 0.0873. The number of ketones is 1. The zero-order valence-corrected chi connectivity index (χ0v) is 19.0. The van der Waals surface area contributed by atoms with Crippen LogP contribution in [0.4, 0.5) is 5.69 Å². The summed E-state index contributed by atoms with van der Waals surface area (Å²) in [6.45, 7) is 6.85. The van der Waals surface area contributed by atoms with Crippen molar-refractivity contribution in [1.29, 1.82) is 0 Å². The first-order valence-electron chi connectivity index (χ1n) is 11.4. The molecule has 166 valence electrons. The first kappa shape index (κ1) is 22.1. The molecule has 0 spiro atoms. The summed E-state index contributed by atoms with van der Waals surface area (Å²) in [5, 5.41) is 0. The maximum Gasteiger partial charge on any atom is 0.173 e. The summed E-state index contributed by atoms with van der Waals surface area (Å²) in [6.07, 6.45) is 0.791. The number of Topliss-reactive ketones (excluding diaryl/α,β-unsaturated/α-hetero) is 1. The number of carbonyl (C=O) groups is 1. The van der Waals surface area contributed by atoms with Gasteiger partial charge >= 0.3 is 0 Å². The van der Waals surface area contributed by atoms with E-state index in [9.17, 15) is 4.79 Å². The Bertz CT molecular complexity index is 1010. The van der Waals surface area contributed by atoms with Crippen LogP contribution in [0.25, 0.3) is 0 Å². The number of benzene rings is 3. The smallest absolute Gasteiger partial charge is 0.173 e. The summed E-state index contributed by atoms with van der Waals surface area (Å²) in [4.78, 5) is 18.5. The SMILES string of the molecule is COc1ccccc1N1CCN(CC[C@](C)(C(=O)c2ccccc2)c2ccccc2)CC1. The Labute approximate surface area is 191 Å². The summed E-state index contributed by atoms with van der Waals surface area (Å²) in [5.41, 5.74) is 2.46. The van der Waals surface area contributed by atoms with E-state index in [0.29, 0.717) is 0 Å². The van der Waals surface area contributed by atoms with Gasteiger partial charge in [-0.25, -0.2) is 0 Å². The highest BCUT2D eigenvalue weighted by Crippen LogP contribution is 2.33. The number of anilines is 1. The summed E-state index contributed by atoms with van der Waals surface area (Å²) in [5.74, 6) is 1.11. The first-order chi connectivity index (χ1) is 15.6. The van der Waals surface area contributed by atoms with E-state index in [0.717, 1.165) is 61.7 Å². The zero-order chi connectivity index (χ0) is 22.4. The maximum absolute atomic E-state index is 13.6. The van der Waals surface area contributed by atoms with E-state index in [-0.39, 0.29) is 5.78 Å². The molecule has 1 saturated heterocycles. The second-order valence-electron chi connectivity index (χ2n) is 8.64. The normalized spacial score (nSPS) is 16.4. The predicted molar refractivity (Wildman–Crippen MR) is 131 cm³/mol. The molecule has 32 heavy (non-hydrogen) atoms. The minimum atomic E-state index is -0.553. The zero-order valence-electron chi connectivity index (χ0n) is 19.0. The molecule has 0 radical (unpaired) electrons. The molecule has 0 bridgehead atoms. The molecule has 1 atom stereocenters. The number of carbonyl (C=O) groups excluding carboxylic acids is 1. The van der Waals surface area contributed by atoms with Crippen LogP contribution < -0.4 is 9.64 Å². The Morgan fingerprint density at radius 2 is 1.44 bits per heavy atom. The third-order valence-electron chi connectivity index (χ3n) is 6.67. The molecule has 4 nitrogen and oxygen atoms in total. The van der Waals surface area contributed by atoms with Gasteiger partial charge in [-0.05, 0) is 37.6 Å². The molecule has 4 heteroatoms. The molecule has 4 rings (SSSR count). The molecular formula is C28H32N2O2. The van der Waals surface area contributed by atoms with Crippen molar-refractivity contribution in [3.8, 4) is 5.75 Å². The molecule has 3 aromatic carbocycles. The van der Waals surface area contributed by atoms with Crippen molar-refractivity contribution >= 4 is 11.5 Å². The molecule has 0 aromatic heterocycles.